The van der Waals surface area contributed by atoms with E-state index in [0.717, 1.165) is 6.07 Å². The van der Waals surface area contributed by atoms with Gasteiger partial charge in [-0.05, 0) is 30.3 Å². The van der Waals surface area contributed by atoms with Gasteiger partial charge in [-0.1, -0.05) is 32.9 Å². The first-order valence-electron chi connectivity index (χ1n) is 5.80. The van der Waals surface area contributed by atoms with E-state index in [0.29, 0.717) is 0 Å². The van der Waals surface area contributed by atoms with Crippen LogP contribution in [0.4, 0.5) is 13.2 Å². The summed E-state index contributed by atoms with van der Waals surface area (Å²) >= 11 is 0. The minimum atomic E-state index is -4.38. The highest BCUT2D eigenvalue weighted by Gasteiger charge is 2.41. The van der Waals surface area contributed by atoms with Crippen LogP contribution in [0.3, 0.4) is 0 Å². The molecule has 1 nitrogen and oxygen atoms in total. The summed E-state index contributed by atoms with van der Waals surface area (Å²) < 4.78 is 44.3. The van der Waals surface area contributed by atoms with Crippen LogP contribution in [0.25, 0.3) is 0 Å². The van der Waals surface area contributed by atoms with Crippen LogP contribution < -0.4 is 4.43 Å². The van der Waals surface area contributed by atoms with Gasteiger partial charge in [-0.2, -0.15) is 13.2 Å². The molecule has 0 fully saturated rings. The van der Waals surface area contributed by atoms with Crippen molar-refractivity contribution in [3.63, 3.8) is 0 Å². The van der Waals surface area contributed by atoms with Crippen LogP contribution in [0.5, 0.6) is 5.75 Å². The molecule has 0 aliphatic heterocycles. The van der Waals surface area contributed by atoms with E-state index < -0.39 is 20.1 Å². The minimum absolute atomic E-state index is 0.0587. The van der Waals surface area contributed by atoms with E-state index in [1.165, 1.54) is 12.1 Å². The van der Waals surface area contributed by atoms with Crippen LogP contribution in [0, 0.1) is 0 Å². The Morgan fingerprint density at radius 2 is 1.50 bits per heavy atom. The van der Waals surface area contributed by atoms with Gasteiger partial charge in [0.2, 0.25) is 8.32 Å². The van der Waals surface area contributed by atoms with Crippen molar-refractivity contribution in [2.75, 3.05) is 0 Å². The molecule has 1 rings (SSSR count). The predicted octanol–water partition coefficient (Wildman–Crippen LogP) is 5.09. The van der Waals surface area contributed by atoms with Gasteiger partial charge in [0.15, 0.2) is 0 Å². The van der Waals surface area contributed by atoms with Crippen molar-refractivity contribution in [1.29, 1.82) is 0 Å². The highest BCUT2D eigenvalue weighted by molar-refractivity contribution is 6.74. The Kier molecular flexibility index (Phi) is 3.86. The van der Waals surface area contributed by atoms with Crippen LogP contribution >= 0.6 is 0 Å². The smallest absolute Gasteiger partial charge is 0.419 e. The molecule has 0 radical (unpaired) electrons. The van der Waals surface area contributed by atoms with Crippen molar-refractivity contribution in [3.05, 3.63) is 29.8 Å². The normalized spacial score (nSPS) is 13.6. The number of hydrogen-bond acceptors (Lipinski definition) is 1. The average Bonchev–Trinajstić information content (AvgIpc) is 2.14. The number of para-hydroxylation sites is 1. The Morgan fingerprint density at radius 1 is 1.00 bits per heavy atom. The van der Waals surface area contributed by atoms with Gasteiger partial charge in [0, 0.05) is 0 Å². The third-order valence-electron chi connectivity index (χ3n) is 3.36. The lowest BCUT2D eigenvalue weighted by atomic mass is 10.2. The summed E-state index contributed by atoms with van der Waals surface area (Å²) in [5.41, 5.74) is -0.699. The van der Waals surface area contributed by atoms with Gasteiger partial charge in [-0.3, -0.25) is 0 Å². The first-order valence-corrected chi connectivity index (χ1v) is 8.71. The van der Waals surface area contributed by atoms with E-state index >= 15 is 0 Å². The summed E-state index contributed by atoms with van der Waals surface area (Å²) in [6, 6.07) is 5.39. The Hall–Kier alpha value is -0.973. The second-order valence-electron chi connectivity index (χ2n) is 5.86. The van der Waals surface area contributed by atoms with Crippen LogP contribution in [0.1, 0.15) is 26.3 Å². The maximum atomic E-state index is 12.9. The lowest BCUT2D eigenvalue weighted by Gasteiger charge is -2.37. The Morgan fingerprint density at radius 3 is 1.94 bits per heavy atom. The van der Waals surface area contributed by atoms with Gasteiger partial charge in [0.25, 0.3) is 0 Å². The number of hydrogen-bond donors (Lipinski definition) is 0. The molecule has 18 heavy (non-hydrogen) atoms. The molecule has 5 heteroatoms. The summed E-state index contributed by atoms with van der Waals surface area (Å²) in [4.78, 5) is 0. The van der Waals surface area contributed by atoms with Crippen molar-refractivity contribution < 1.29 is 17.6 Å². The SMILES string of the molecule is CC(C)(C)[Si](C)(C)Oc1ccccc1C(F)(F)F. The standard InChI is InChI=1S/C13H19F3OSi/c1-12(2,3)18(4,5)17-11-9-7-6-8-10(11)13(14,15)16/h6-9H,1-5H3. The van der Waals surface area contributed by atoms with Crippen LogP contribution in [0.15, 0.2) is 24.3 Å². The van der Waals surface area contributed by atoms with Crippen molar-refractivity contribution in [2.24, 2.45) is 0 Å². The van der Waals surface area contributed by atoms with Gasteiger partial charge in [-0.15, -0.1) is 0 Å². The first-order chi connectivity index (χ1) is 7.95. The average molecular weight is 276 g/mol. The highest BCUT2D eigenvalue weighted by Crippen LogP contribution is 2.41. The van der Waals surface area contributed by atoms with Gasteiger partial charge < -0.3 is 4.43 Å². The highest BCUT2D eigenvalue weighted by atomic mass is 28.4. The fraction of sp³-hybridized carbons (Fsp3) is 0.538. The van der Waals surface area contributed by atoms with Gasteiger partial charge >= 0.3 is 6.18 Å². The van der Waals surface area contributed by atoms with Crippen LogP contribution in [-0.2, 0) is 6.18 Å². The minimum Gasteiger partial charge on any atom is -0.543 e. The topological polar surface area (TPSA) is 9.23 Å². The zero-order chi connectivity index (χ0) is 14.2. The second kappa shape index (κ2) is 4.61. The molecule has 0 saturated carbocycles. The Balaban J connectivity index is 3.14. The Labute approximate surface area is 107 Å². The van der Waals surface area contributed by atoms with E-state index in [-0.39, 0.29) is 10.8 Å². The number of halogens is 3. The largest absolute Gasteiger partial charge is 0.543 e. The lowest BCUT2D eigenvalue weighted by Crippen LogP contribution is -2.44. The van der Waals surface area contributed by atoms with Crippen LogP contribution in [-0.4, -0.2) is 8.32 Å². The molecule has 0 aliphatic rings. The second-order valence-corrected chi connectivity index (χ2v) is 10.6. The van der Waals surface area contributed by atoms with Gasteiger partial charge in [0.1, 0.15) is 5.75 Å². The maximum absolute atomic E-state index is 12.9. The number of benzene rings is 1. The third-order valence-corrected chi connectivity index (χ3v) is 7.71. The van der Waals surface area contributed by atoms with E-state index in [2.05, 4.69) is 0 Å². The molecule has 0 aliphatic carbocycles. The molecule has 0 amide bonds. The third kappa shape index (κ3) is 3.28. The van der Waals surface area contributed by atoms with E-state index in [1.54, 1.807) is 6.07 Å². The monoisotopic (exact) mass is 276 g/mol. The van der Waals surface area contributed by atoms with Gasteiger partial charge in [0.05, 0.1) is 5.56 Å². The van der Waals surface area contributed by atoms with E-state index in [4.69, 9.17) is 4.43 Å². The quantitative estimate of drug-likeness (QED) is 0.684. The van der Waals surface area contributed by atoms with Crippen molar-refractivity contribution in [3.8, 4) is 5.75 Å². The van der Waals surface area contributed by atoms with Crippen molar-refractivity contribution >= 4 is 8.32 Å². The molecule has 1 aromatic carbocycles. The summed E-state index contributed by atoms with van der Waals surface area (Å²) in [6.07, 6.45) is -4.38. The molecule has 0 aromatic heterocycles. The Bertz CT molecular complexity index is 419. The molecule has 0 heterocycles. The molecule has 0 bridgehead atoms. The van der Waals surface area contributed by atoms with E-state index in [1.807, 2.05) is 33.9 Å². The number of alkyl halides is 3. The lowest BCUT2D eigenvalue weighted by molar-refractivity contribution is -0.138. The molecule has 0 saturated heterocycles. The molecular weight excluding hydrogens is 257 g/mol. The van der Waals surface area contributed by atoms with Crippen molar-refractivity contribution in [1.82, 2.24) is 0 Å². The molecule has 0 N–H and O–H groups in total. The fourth-order valence-electron chi connectivity index (χ4n) is 1.22. The van der Waals surface area contributed by atoms with Gasteiger partial charge in [-0.25, -0.2) is 0 Å². The molecule has 102 valence electrons. The molecular formula is C13H19F3OSi. The zero-order valence-corrected chi connectivity index (χ0v) is 12.4. The molecule has 1 aromatic rings. The summed E-state index contributed by atoms with van der Waals surface area (Å²) in [5.74, 6) is -0.0587. The summed E-state index contributed by atoms with van der Waals surface area (Å²) in [5, 5.41) is -0.133. The van der Waals surface area contributed by atoms with E-state index in [9.17, 15) is 13.2 Å². The molecule has 0 spiro atoms. The van der Waals surface area contributed by atoms with Crippen LogP contribution in [0.2, 0.25) is 18.1 Å². The summed E-state index contributed by atoms with van der Waals surface area (Å²) in [6.45, 7) is 9.85. The first kappa shape index (κ1) is 15.1. The molecule has 0 atom stereocenters. The predicted molar refractivity (Wildman–Crippen MR) is 69.3 cm³/mol. The van der Waals surface area contributed by atoms with Crippen molar-refractivity contribution in [2.45, 2.75) is 45.1 Å². The number of rotatable bonds is 2. The summed E-state index contributed by atoms with van der Waals surface area (Å²) in [7, 11) is -2.26. The molecule has 0 unspecified atom stereocenters. The fourth-order valence-corrected chi connectivity index (χ4v) is 2.25. The zero-order valence-electron chi connectivity index (χ0n) is 11.4. The maximum Gasteiger partial charge on any atom is 0.419 e.